The van der Waals surface area contributed by atoms with Crippen molar-refractivity contribution in [1.82, 2.24) is 0 Å². The van der Waals surface area contributed by atoms with Crippen LogP contribution in [0.15, 0.2) is 0 Å². The molecule has 0 aliphatic heterocycles. The van der Waals surface area contributed by atoms with Crippen molar-refractivity contribution in [2.24, 2.45) is 11.8 Å². The molecule has 0 N–H and O–H groups in total. The van der Waals surface area contributed by atoms with Crippen LogP contribution in [0.1, 0.15) is 32.1 Å². The van der Waals surface area contributed by atoms with Crippen molar-refractivity contribution in [3.63, 3.8) is 0 Å². The van der Waals surface area contributed by atoms with Gasteiger partial charge in [0.25, 0.3) is 0 Å². The fourth-order valence-electron chi connectivity index (χ4n) is 1.35. The highest BCUT2D eigenvalue weighted by Gasteiger charge is 2.22. The van der Waals surface area contributed by atoms with Gasteiger partial charge < -0.3 is 0 Å². The van der Waals surface area contributed by atoms with Gasteiger partial charge in [-0.25, -0.2) is 0 Å². The highest BCUT2D eigenvalue weighted by atomic mass is 32.2. The first kappa shape index (κ1) is 7.02. The lowest BCUT2D eigenvalue weighted by molar-refractivity contribution is 0.353. The summed E-state index contributed by atoms with van der Waals surface area (Å²) in [6.07, 6.45) is 7.61. The summed E-state index contributed by atoms with van der Waals surface area (Å²) >= 11 is 2.21. The molecule has 1 heteroatoms. The van der Waals surface area contributed by atoms with Gasteiger partial charge in [-0.15, -0.1) is 0 Å². The smallest absolute Gasteiger partial charge is 0.00390 e. The Morgan fingerprint density at radius 1 is 0.900 bits per heavy atom. The summed E-state index contributed by atoms with van der Waals surface area (Å²) in [5.41, 5.74) is 0. The van der Waals surface area contributed by atoms with Gasteiger partial charge in [-0.05, 0) is 49.0 Å². The molecule has 2 aliphatic rings. The molecule has 2 rings (SSSR count). The maximum atomic E-state index is 2.21. The predicted octanol–water partition coefficient (Wildman–Crippen LogP) is 2.93. The topological polar surface area (TPSA) is 0 Å². The van der Waals surface area contributed by atoms with Crippen LogP contribution in [0.5, 0.6) is 0 Å². The number of rotatable bonds is 4. The van der Waals surface area contributed by atoms with Gasteiger partial charge >= 0.3 is 0 Å². The fraction of sp³-hybridized carbons (Fsp3) is 1.00. The van der Waals surface area contributed by atoms with Crippen LogP contribution in [0.2, 0.25) is 0 Å². The van der Waals surface area contributed by atoms with Crippen LogP contribution < -0.4 is 0 Å². The second-order valence-corrected chi connectivity index (χ2v) is 4.85. The zero-order chi connectivity index (χ0) is 6.81. The molecule has 10 heavy (non-hydrogen) atoms. The van der Waals surface area contributed by atoms with Gasteiger partial charge in [-0.3, -0.25) is 0 Å². The Hall–Kier alpha value is 0.350. The molecule has 0 atom stereocenters. The summed E-state index contributed by atoms with van der Waals surface area (Å²) in [6, 6.07) is 0. The van der Waals surface area contributed by atoms with Crippen molar-refractivity contribution in [3.05, 3.63) is 0 Å². The molecule has 0 heterocycles. The third-order valence-electron chi connectivity index (χ3n) is 2.63. The van der Waals surface area contributed by atoms with Gasteiger partial charge in [0.1, 0.15) is 0 Å². The largest absolute Gasteiger partial charge is 0.161 e. The quantitative estimate of drug-likeness (QED) is 0.603. The Balaban J connectivity index is 1.46. The molecule has 0 nitrogen and oxygen atoms in total. The first-order valence-corrected chi connectivity index (χ1v) is 5.68. The molecule has 2 saturated carbocycles. The number of hydrogen-bond acceptors (Lipinski definition) is 1. The van der Waals surface area contributed by atoms with Gasteiger partial charge in [0.2, 0.25) is 0 Å². The van der Waals surface area contributed by atoms with Crippen LogP contribution in [-0.2, 0) is 0 Å². The van der Waals surface area contributed by atoms with E-state index >= 15 is 0 Å². The average Bonchev–Trinajstić information content (AvgIpc) is 2.58. The molecule has 0 spiro atoms. The average molecular weight is 156 g/mol. The maximum absolute atomic E-state index is 2.21. The molecule has 0 saturated heterocycles. The van der Waals surface area contributed by atoms with Gasteiger partial charge in [0, 0.05) is 0 Å². The highest BCUT2D eigenvalue weighted by molar-refractivity contribution is 7.99. The lowest BCUT2D eigenvalue weighted by Crippen LogP contribution is -2.13. The van der Waals surface area contributed by atoms with Crippen LogP contribution in [0.25, 0.3) is 0 Å². The molecule has 0 unspecified atom stereocenters. The minimum Gasteiger partial charge on any atom is -0.161 e. The van der Waals surface area contributed by atoms with Gasteiger partial charge in [-0.2, -0.15) is 11.8 Å². The van der Waals surface area contributed by atoms with E-state index in [0.29, 0.717) is 0 Å². The van der Waals surface area contributed by atoms with E-state index in [4.69, 9.17) is 0 Å². The summed E-state index contributed by atoms with van der Waals surface area (Å²) in [4.78, 5) is 0. The van der Waals surface area contributed by atoms with E-state index in [-0.39, 0.29) is 0 Å². The molecule has 0 aromatic heterocycles. The standard InChI is InChI=1S/C9H16S/c1-2-8(3-1)6-10-7-9-4-5-9/h8-9H,1-7H2. The van der Waals surface area contributed by atoms with E-state index in [1.165, 1.54) is 43.6 Å². The van der Waals surface area contributed by atoms with E-state index in [2.05, 4.69) is 11.8 Å². The van der Waals surface area contributed by atoms with Crippen molar-refractivity contribution in [1.29, 1.82) is 0 Å². The highest BCUT2D eigenvalue weighted by Crippen LogP contribution is 2.35. The van der Waals surface area contributed by atoms with Gasteiger partial charge in [0.15, 0.2) is 0 Å². The van der Waals surface area contributed by atoms with Crippen LogP contribution >= 0.6 is 11.8 Å². The van der Waals surface area contributed by atoms with Gasteiger partial charge in [-0.1, -0.05) is 6.42 Å². The van der Waals surface area contributed by atoms with E-state index in [1.54, 1.807) is 0 Å². The van der Waals surface area contributed by atoms with Crippen LogP contribution in [0.3, 0.4) is 0 Å². The van der Waals surface area contributed by atoms with Crippen molar-refractivity contribution in [2.75, 3.05) is 11.5 Å². The number of hydrogen-bond donors (Lipinski definition) is 0. The Morgan fingerprint density at radius 3 is 1.90 bits per heavy atom. The molecular formula is C9H16S. The van der Waals surface area contributed by atoms with E-state index in [0.717, 1.165) is 11.8 Å². The zero-order valence-corrected chi connectivity index (χ0v) is 7.33. The Kier molecular flexibility index (Phi) is 2.22. The van der Waals surface area contributed by atoms with Crippen LogP contribution in [0.4, 0.5) is 0 Å². The minimum absolute atomic E-state index is 1.11. The lowest BCUT2D eigenvalue weighted by Gasteiger charge is -2.24. The monoisotopic (exact) mass is 156 g/mol. The minimum atomic E-state index is 1.11. The molecule has 58 valence electrons. The number of thioether (sulfide) groups is 1. The molecule has 2 aliphatic carbocycles. The third kappa shape index (κ3) is 1.91. The third-order valence-corrected chi connectivity index (χ3v) is 4.04. The summed E-state index contributed by atoms with van der Waals surface area (Å²) < 4.78 is 0. The Morgan fingerprint density at radius 2 is 1.50 bits per heavy atom. The molecule has 0 radical (unpaired) electrons. The SMILES string of the molecule is C1CC(CSCC2CC2)C1. The first-order chi connectivity index (χ1) is 4.95. The van der Waals surface area contributed by atoms with E-state index < -0.39 is 0 Å². The normalized spacial score (nSPS) is 26.4. The fourth-order valence-corrected chi connectivity index (χ4v) is 2.81. The maximum Gasteiger partial charge on any atom is -0.00390 e. The second kappa shape index (κ2) is 3.17. The molecule has 0 amide bonds. The Bertz CT molecular complexity index is 103. The molecule has 0 aromatic rings. The van der Waals surface area contributed by atoms with E-state index in [1.807, 2.05) is 0 Å². The molecule has 0 bridgehead atoms. The van der Waals surface area contributed by atoms with Crippen molar-refractivity contribution in [3.8, 4) is 0 Å². The van der Waals surface area contributed by atoms with Gasteiger partial charge in [0.05, 0.1) is 0 Å². The summed E-state index contributed by atoms with van der Waals surface area (Å²) in [6.45, 7) is 0. The second-order valence-electron chi connectivity index (χ2n) is 3.78. The molecular weight excluding hydrogens is 140 g/mol. The summed E-state index contributed by atoms with van der Waals surface area (Å²) in [7, 11) is 0. The van der Waals surface area contributed by atoms with Crippen molar-refractivity contribution >= 4 is 11.8 Å². The lowest BCUT2D eigenvalue weighted by atomic mass is 9.87. The van der Waals surface area contributed by atoms with Crippen LogP contribution in [-0.4, -0.2) is 11.5 Å². The first-order valence-electron chi connectivity index (χ1n) is 4.53. The molecule has 2 fully saturated rings. The summed E-state index contributed by atoms with van der Waals surface area (Å²) in [5, 5.41) is 0. The molecule has 0 aromatic carbocycles. The van der Waals surface area contributed by atoms with Crippen molar-refractivity contribution in [2.45, 2.75) is 32.1 Å². The summed E-state index contributed by atoms with van der Waals surface area (Å²) in [5.74, 6) is 5.18. The Labute approximate surface area is 67.8 Å². The van der Waals surface area contributed by atoms with Crippen LogP contribution in [0, 0.1) is 11.8 Å². The zero-order valence-electron chi connectivity index (χ0n) is 6.51. The van der Waals surface area contributed by atoms with E-state index in [9.17, 15) is 0 Å². The van der Waals surface area contributed by atoms with Crippen molar-refractivity contribution < 1.29 is 0 Å². The predicted molar refractivity (Wildman–Crippen MR) is 47.4 cm³/mol.